The van der Waals surface area contributed by atoms with E-state index in [4.69, 9.17) is 21.2 Å². The molecule has 0 aliphatic heterocycles. The van der Waals surface area contributed by atoms with E-state index in [1.54, 1.807) is 25.1 Å². The number of amides is 2. The third-order valence-electron chi connectivity index (χ3n) is 4.80. The van der Waals surface area contributed by atoms with Gasteiger partial charge >= 0.3 is 0 Å². The molecular weight excluding hydrogens is 498 g/mol. The number of pyridine rings is 1. The highest BCUT2D eigenvalue weighted by molar-refractivity contribution is 6.30. The Hall–Kier alpha value is -3.90. The molecule has 190 valence electrons. The minimum Gasteiger partial charge on any atom is -0.494 e. The Morgan fingerprint density at radius 2 is 1.81 bits per heavy atom. The summed E-state index contributed by atoms with van der Waals surface area (Å²) in [6, 6.07) is 6.48. The van der Waals surface area contributed by atoms with Gasteiger partial charge in [0.25, 0.3) is 5.91 Å². The summed E-state index contributed by atoms with van der Waals surface area (Å²) in [4.78, 5) is 42.2. The second-order valence-corrected chi connectivity index (χ2v) is 7.65. The van der Waals surface area contributed by atoms with Crippen LogP contribution in [0.5, 0.6) is 5.75 Å². The van der Waals surface area contributed by atoms with Crippen molar-refractivity contribution in [3.8, 4) is 17.1 Å². The first-order valence-electron chi connectivity index (χ1n) is 10.7. The number of rotatable bonds is 11. The van der Waals surface area contributed by atoms with E-state index in [0.717, 1.165) is 0 Å². The highest BCUT2D eigenvalue weighted by atomic mass is 35.5. The van der Waals surface area contributed by atoms with Crippen LogP contribution >= 0.6 is 11.6 Å². The fraction of sp³-hybridized carbons (Fsp3) is 0.261. The SMILES string of the molecule is CCONC(=O)c1cnc(NC(=O)C(CF)CF)cc1Nc1cccc(-c2ncc(Cl)cn2)c1OC. The summed E-state index contributed by atoms with van der Waals surface area (Å²) >= 11 is 5.89. The van der Waals surface area contributed by atoms with E-state index in [2.05, 4.69) is 31.1 Å². The van der Waals surface area contributed by atoms with Gasteiger partial charge in [-0.2, -0.15) is 0 Å². The Bertz CT molecular complexity index is 1210. The Morgan fingerprint density at radius 1 is 1.08 bits per heavy atom. The Kier molecular flexibility index (Phi) is 9.42. The number of carbonyl (C=O) groups excluding carboxylic acids is 2. The highest BCUT2D eigenvalue weighted by Crippen LogP contribution is 2.37. The lowest BCUT2D eigenvalue weighted by Crippen LogP contribution is -2.27. The molecule has 0 aliphatic rings. The van der Waals surface area contributed by atoms with Gasteiger partial charge in [0, 0.05) is 24.7 Å². The molecule has 3 N–H and O–H groups in total. The Labute approximate surface area is 210 Å². The highest BCUT2D eigenvalue weighted by Gasteiger charge is 2.21. The van der Waals surface area contributed by atoms with Gasteiger partial charge in [-0.1, -0.05) is 17.7 Å². The Balaban J connectivity index is 2.02. The van der Waals surface area contributed by atoms with Crippen LogP contribution in [0.15, 0.2) is 42.9 Å². The third-order valence-corrected chi connectivity index (χ3v) is 5.00. The molecule has 0 atom stereocenters. The van der Waals surface area contributed by atoms with Gasteiger partial charge in [-0.05, 0) is 19.1 Å². The van der Waals surface area contributed by atoms with E-state index >= 15 is 0 Å². The summed E-state index contributed by atoms with van der Waals surface area (Å²) in [7, 11) is 1.45. The zero-order valence-electron chi connectivity index (χ0n) is 19.3. The largest absolute Gasteiger partial charge is 0.494 e. The van der Waals surface area contributed by atoms with Crippen molar-refractivity contribution in [1.29, 1.82) is 0 Å². The van der Waals surface area contributed by atoms with Crippen LogP contribution in [-0.4, -0.2) is 53.8 Å². The molecule has 0 saturated heterocycles. The summed E-state index contributed by atoms with van der Waals surface area (Å²) in [5.74, 6) is -2.30. The summed E-state index contributed by atoms with van der Waals surface area (Å²) in [6.07, 6.45) is 4.07. The van der Waals surface area contributed by atoms with E-state index in [1.165, 1.54) is 31.8 Å². The van der Waals surface area contributed by atoms with Crippen LogP contribution in [0, 0.1) is 5.92 Å². The number of benzene rings is 1. The number of anilines is 3. The number of hydrogen-bond donors (Lipinski definition) is 3. The number of hydrogen-bond acceptors (Lipinski definition) is 8. The zero-order chi connectivity index (χ0) is 26.1. The summed E-state index contributed by atoms with van der Waals surface area (Å²) in [5, 5.41) is 5.80. The van der Waals surface area contributed by atoms with Crippen molar-refractivity contribution in [2.75, 3.05) is 37.7 Å². The monoisotopic (exact) mass is 520 g/mol. The number of nitrogens with zero attached hydrogens (tertiary/aromatic N) is 3. The molecule has 0 spiro atoms. The van der Waals surface area contributed by atoms with Crippen LogP contribution in [0.4, 0.5) is 26.0 Å². The first kappa shape index (κ1) is 26.7. The zero-order valence-corrected chi connectivity index (χ0v) is 20.1. The molecule has 2 aromatic heterocycles. The number of alkyl halides is 2. The second-order valence-electron chi connectivity index (χ2n) is 7.21. The lowest BCUT2D eigenvalue weighted by molar-refractivity contribution is -0.120. The second kappa shape index (κ2) is 12.7. The number of carbonyl (C=O) groups is 2. The number of methoxy groups -OCH3 is 1. The number of hydroxylamine groups is 1. The van der Waals surface area contributed by atoms with Crippen molar-refractivity contribution in [3.63, 3.8) is 0 Å². The van der Waals surface area contributed by atoms with Gasteiger partial charge in [0.1, 0.15) is 19.2 Å². The van der Waals surface area contributed by atoms with Crippen LogP contribution in [-0.2, 0) is 9.63 Å². The van der Waals surface area contributed by atoms with E-state index in [-0.39, 0.29) is 23.7 Å². The normalized spacial score (nSPS) is 10.7. The lowest BCUT2D eigenvalue weighted by atomic mass is 10.1. The van der Waals surface area contributed by atoms with E-state index in [1.807, 2.05) is 0 Å². The molecule has 13 heteroatoms. The van der Waals surface area contributed by atoms with Crippen LogP contribution in [0.25, 0.3) is 11.4 Å². The van der Waals surface area contributed by atoms with Gasteiger partial charge in [0.05, 0.1) is 47.2 Å². The molecule has 3 aromatic rings. The summed E-state index contributed by atoms with van der Waals surface area (Å²) in [6.45, 7) is -0.420. The third kappa shape index (κ3) is 6.40. The fourth-order valence-electron chi connectivity index (χ4n) is 3.04. The molecule has 0 radical (unpaired) electrons. The van der Waals surface area contributed by atoms with Gasteiger partial charge in [0.15, 0.2) is 11.6 Å². The first-order chi connectivity index (χ1) is 17.4. The van der Waals surface area contributed by atoms with Crippen LogP contribution in [0.3, 0.4) is 0 Å². The molecule has 0 saturated carbocycles. The number of ether oxygens (including phenoxy) is 1. The first-order valence-corrected chi connectivity index (χ1v) is 11.1. The number of nitrogens with one attached hydrogen (secondary N) is 3. The molecule has 0 fully saturated rings. The van der Waals surface area contributed by atoms with Gasteiger partial charge < -0.3 is 15.4 Å². The standard InChI is InChI=1S/C23H23ClF2N6O4/c1-3-36-32-23(34)16-12-27-19(31-22(33)13(8-25)9-26)7-18(16)30-17-6-4-5-15(20(17)35-2)21-28-10-14(24)11-29-21/h4-7,10-13H,3,8-9H2,1-2H3,(H,32,34)(H2,27,30,31,33). The van der Waals surface area contributed by atoms with Crippen molar-refractivity contribution in [2.24, 2.45) is 5.92 Å². The molecule has 0 bridgehead atoms. The van der Waals surface area contributed by atoms with E-state index in [0.29, 0.717) is 27.8 Å². The van der Waals surface area contributed by atoms with Crippen molar-refractivity contribution < 1.29 is 27.9 Å². The van der Waals surface area contributed by atoms with Crippen molar-refractivity contribution in [3.05, 3.63) is 53.4 Å². The maximum Gasteiger partial charge on any atom is 0.278 e. The molecule has 3 rings (SSSR count). The average molecular weight is 521 g/mol. The lowest BCUT2D eigenvalue weighted by Gasteiger charge is -2.17. The van der Waals surface area contributed by atoms with Gasteiger partial charge in [-0.3, -0.25) is 23.2 Å². The quantitative estimate of drug-likeness (QED) is 0.322. The Morgan fingerprint density at radius 3 is 2.44 bits per heavy atom. The maximum atomic E-state index is 12.9. The minimum atomic E-state index is -1.47. The van der Waals surface area contributed by atoms with Crippen molar-refractivity contribution in [1.82, 2.24) is 20.4 Å². The summed E-state index contributed by atoms with van der Waals surface area (Å²) in [5.41, 5.74) is 3.49. The van der Waals surface area contributed by atoms with Crippen LogP contribution < -0.4 is 20.9 Å². The number of para-hydroxylation sites is 1. The average Bonchev–Trinajstić information content (AvgIpc) is 2.88. The molecule has 0 unspecified atom stereocenters. The molecular formula is C23H23ClF2N6O4. The number of halogens is 3. The van der Waals surface area contributed by atoms with Gasteiger partial charge in [-0.15, -0.1) is 0 Å². The van der Waals surface area contributed by atoms with Crippen molar-refractivity contribution >= 4 is 40.6 Å². The predicted octanol–water partition coefficient (Wildman–Crippen LogP) is 4.12. The van der Waals surface area contributed by atoms with Gasteiger partial charge in [0.2, 0.25) is 5.91 Å². The number of aromatic nitrogens is 3. The smallest absolute Gasteiger partial charge is 0.278 e. The fourth-order valence-corrected chi connectivity index (χ4v) is 3.14. The molecule has 2 amide bonds. The minimum absolute atomic E-state index is 0.0292. The van der Waals surface area contributed by atoms with Crippen molar-refractivity contribution in [2.45, 2.75) is 6.92 Å². The topological polar surface area (TPSA) is 127 Å². The molecule has 0 aliphatic carbocycles. The molecule has 1 aromatic carbocycles. The maximum absolute atomic E-state index is 12.9. The van der Waals surface area contributed by atoms with E-state index < -0.39 is 31.1 Å². The molecule has 36 heavy (non-hydrogen) atoms. The van der Waals surface area contributed by atoms with Crippen LogP contribution in [0.1, 0.15) is 17.3 Å². The molecule has 2 heterocycles. The summed E-state index contributed by atoms with van der Waals surface area (Å²) < 4.78 is 31.4. The van der Waals surface area contributed by atoms with E-state index in [9.17, 15) is 18.4 Å². The molecule has 10 nitrogen and oxygen atoms in total. The predicted molar refractivity (Wildman–Crippen MR) is 130 cm³/mol. The van der Waals surface area contributed by atoms with Crippen LogP contribution in [0.2, 0.25) is 5.02 Å². The van der Waals surface area contributed by atoms with Gasteiger partial charge in [-0.25, -0.2) is 20.4 Å².